The zero-order valence-corrected chi connectivity index (χ0v) is 11.8. The van der Waals surface area contributed by atoms with Gasteiger partial charge >= 0.3 is 0 Å². The van der Waals surface area contributed by atoms with Gasteiger partial charge in [0.05, 0.1) is 12.6 Å². The van der Waals surface area contributed by atoms with Crippen LogP contribution in [0, 0.1) is 12.3 Å². The Labute approximate surface area is 125 Å². The van der Waals surface area contributed by atoms with Crippen LogP contribution < -0.4 is 10.6 Å². The van der Waals surface area contributed by atoms with Crippen molar-refractivity contribution in [3.05, 3.63) is 66.2 Å². The summed E-state index contributed by atoms with van der Waals surface area (Å²) in [6.07, 6.45) is 5.49. The Morgan fingerprint density at radius 1 is 1.10 bits per heavy atom. The van der Waals surface area contributed by atoms with E-state index < -0.39 is 6.04 Å². The number of rotatable bonds is 5. The average Bonchev–Trinajstić information content (AvgIpc) is 2.54. The third-order valence-corrected chi connectivity index (χ3v) is 3.17. The van der Waals surface area contributed by atoms with E-state index in [9.17, 15) is 4.79 Å². The molecule has 0 heterocycles. The van der Waals surface area contributed by atoms with Crippen LogP contribution in [-0.4, -0.2) is 11.9 Å². The van der Waals surface area contributed by atoms with Crippen LogP contribution in [0.3, 0.4) is 0 Å². The highest BCUT2D eigenvalue weighted by Crippen LogP contribution is 2.18. The molecule has 0 saturated carbocycles. The van der Waals surface area contributed by atoms with Crippen LogP contribution in [0.4, 0.5) is 5.69 Å². The molecule has 0 bridgehead atoms. The van der Waals surface area contributed by atoms with E-state index in [2.05, 4.69) is 5.92 Å². The SMILES string of the molecule is C#CCC(N)C(=O)N(Cc1ccccc1)c1ccccc1. The quantitative estimate of drug-likeness (QED) is 0.854. The lowest BCUT2D eigenvalue weighted by molar-refractivity contribution is -0.119. The third-order valence-electron chi connectivity index (χ3n) is 3.17. The summed E-state index contributed by atoms with van der Waals surface area (Å²) in [4.78, 5) is 14.2. The minimum atomic E-state index is -0.682. The molecule has 0 radical (unpaired) electrons. The summed E-state index contributed by atoms with van der Waals surface area (Å²) in [7, 11) is 0. The van der Waals surface area contributed by atoms with Crippen LogP contribution in [0.2, 0.25) is 0 Å². The topological polar surface area (TPSA) is 46.3 Å². The van der Waals surface area contributed by atoms with E-state index in [-0.39, 0.29) is 12.3 Å². The first-order chi connectivity index (χ1) is 10.2. The number of nitrogens with zero attached hydrogens (tertiary/aromatic N) is 1. The number of nitrogens with two attached hydrogens (primary N) is 1. The second-order valence-corrected chi connectivity index (χ2v) is 4.76. The first-order valence-electron chi connectivity index (χ1n) is 6.81. The van der Waals surface area contributed by atoms with Gasteiger partial charge in [-0.3, -0.25) is 4.79 Å². The van der Waals surface area contributed by atoms with Crippen molar-refractivity contribution in [1.29, 1.82) is 0 Å². The third kappa shape index (κ3) is 3.95. The van der Waals surface area contributed by atoms with Gasteiger partial charge in [-0.15, -0.1) is 12.3 Å². The van der Waals surface area contributed by atoms with Gasteiger partial charge in [0, 0.05) is 12.1 Å². The van der Waals surface area contributed by atoms with Crippen LogP contribution in [-0.2, 0) is 11.3 Å². The maximum Gasteiger partial charge on any atom is 0.245 e. The zero-order chi connectivity index (χ0) is 15.1. The molecule has 0 aliphatic heterocycles. The van der Waals surface area contributed by atoms with E-state index in [1.165, 1.54) is 0 Å². The highest BCUT2D eigenvalue weighted by Gasteiger charge is 2.21. The molecule has 106 valence electrons. The number of para-hydroxylation sites is 1. The number of anilines is 1. The molecule has 0 fully saturated rings. The lowest BCUT2D eigenvalue weighted by Crippen LogP contribution is -2.43. The van der Waals surface area contributed by atoms with Crippen molar-refractivity contribution in [2.24, 2.45) is 5.73 Å². The van der Waals surface area contributed by atoms with Crippen molar-refractivity contribution < 1.29 is 4.79 Å². The van der Waals surface area contributed by atoms with E-state index in [0.29, 0.717) is 6.54 Å². The average molecular weight is 278 g/mol. The number of hydrogen-bond acceptors (Lipinski definition) is 2. The number of carbonyl (C=O) groups is 1. The maximum atomic E-state index is 12.5. The van der Waals surface area contributed by atoms with Gasteiger partial charge in [0.15, 0.2) is 0 Å². The van der Waals surface area contributed by atoms with Crippen molar-refractivity contribution in [2.45, 2.75) is 19.0 Å². The van der Waals surface area contributed by atoms with E-state index in [1.54, 1.807) is 4.90 Å². The van der Waals surface area contributed by atoms with Gasteiger partial charge < -0.3 is 10.6 Å². The molecule has 2 aromatic rings. The molecule has 2 rings (SSSR count). The van der Waals surface area contributed by atoms with Gasteiger partial charge in [0.1, 0.15) is 0 Å². The van der Waals surface area contributed by atoms with Crippen molar-refractivity contribution in [3.63, 3.8) is 0 Å². The molecular weight excluding hydrogens is 260 g/mol. The molecule has 0 aromatic heterocycles. The maximum absolute atomic E-state index is 12.5. The Hall–Kier alpha value is -2.57. The Bertz CT molecular complexity index is 617. The Kier molecular flexibility index (Phi) is 5.14. The lowest BCUT2D eigenvalue weighted by Gasteiger charge is -2.25. The molecule has 2 aromatic carbocycles. The summed E-state index contributed by atoms with van der Waals surface area (Å²) in [5.74, 6) is 2.28. The summed E-state index contributed by atoms with van der Waals surface area (Å²) in [6, 6.07) is 18.6. The monoisotopic (exact) mass is 278 g/mol. The first-order valence-corrected chi connectivity index (χ1v) is 6.81. The zero-order valence-electron chi connectivity index (χ0n) is 11.8. The predicted octanol–water partition coefficient (Wildman–Crippen LogP) is 2.57. The van der Waals surface area contributed by atoms with Crippen LogP contribution in [0.25, 0.3) is 0 Å². The van der Waals surface area contributed by atoms with E-state index in [0.717, 1.165) is 11.3 Å². The van der Waals surface area contributed by atoms with Crippen molar-refractivity contribution in [3.8, 4) is 12.3 Å². The fraction of sp³-hybridized carbons (Fsp3) is 0.167. The lowest BCUT2D eigenvalue weighted by atomic mass is 10.1. The smallest absolute Gasteiger partial charge is 0.245 e. The minimum absolute atomic E-state index is 0.164. The number of carbonyl (C=O) groups excluding carboxylic acids is 1. The molecule has 1 amide bonds. The molecule has 2 N–H and O–H groups in total. The molecule has 1 unspecified atom stereocenters. The number of benzene rings is 2. The fourth-order valence-electron chi connectivity index (χ4n) is 2.08. The minimum Gasteiger partial charge on any atom is -0.319 e. The molecule has 21 heavy (non-hydrogen) atoms. The summed E-state index contributed by atoms with van der Waals surface area (Å²) < 4.78 is 0. The standard InChI is InChI=1S/C18H18N2O/c1-2-9-17(19)18(21)20(16-12-7-4-8-13-16)14-15-10-5-3-6-11-15/h1,3-8,10-13,17H,9,14,19H2. The Morgan fingerprint density at radius 2 is 1.67 bits per heavy atom. The molecular formula is C18H18N2O. The Morgan fingerprint density at radius 3 is 2.24 bits per heavy atom. The molecule has 0 saturated heterocycles. The first kappa shape index (κ1) is 14.8. The fourth-order valence-corrected chi connectivity index (χ4v) is 2.08. The van der Waals surface area contributed by atoms with Gasteiger partial charge in [-0.2, -0.15) is 0 Å². The molecule has 0 spiro atoms. The number of terminal acetylenes is 1. The van der Waals surface area contributed by atoms with E-state index in [4.69, 9.17) is 12.2 Å². The van der Waals surface area contributed by atoms with Gasteiger partial charge in [0.25, 0.3) is 0 Å². The number of hydrogen-bond donors (Lipinski definition) is 1. The predicted molar refractivity (Wildman–Crippen MR) is 85.5 cm³/mol. The summed E-state index contributed by atoms with van der Waals surface area (Å²) in [5, 5.41) is 0. The second-order valence-electron chi connectivity index (χ2n) is 4.76. The van der Waals surface area contributed by atoms with Crippen LogP contribution in [0.15, 0.2) is 60.7 Å². The molecule has 1 atom stereocenters. The van der Waals surface area contributed by atoms with Gasteiger partial charge in [-0.05, 0) is 17.7 Å². The van der Waals surface area contributed by atoms with Gasteiger partial charge in [0.2, 0.25) is 5.91 Å². The second kappa shape index (κ2) is 7.28. The molecule has 3 nitrogen and oxygen atoms in total. The highest BCUT2D eigenvalue weighted by atomic mass is 16.2. The normalized spacial score (nSPS) is 11.4. The summed E-state index contributed by atoms with van der Waals surface area (Å²) >= 11 is 0. The Balaban J connectivity index is 2.27. The van der Waals surface area contributed by atoms with Crippen LogP contribution in [0.1, 0.15) is 12.0 Å². The van der Waals surface area contributed by atoms with Crippen molar-refractivity contribution in [1.82, 2.24) is 0 Å². The molecule has 0 aliphatic rings. The van der Waals surface area contributed by atoms with Crippen LogP contribution in [0.5, 0.6) is 0 Å². The number of amides is 1. The summed E-state index contributed by atoms with van der Waals surface area (Å²) in [5.41, 5.74) is 7.75. The van der Waals surface area contributed by atoms with Crippen molar-refractivity contribution >= 4 is 11.6 Å². The summed E-state index contributed by atoms with van der Waals surface area (Å²) in [6.45, 7) is 0.474. The van der Waals surface area contributed by atoms with Crippen LogP contribution >= 0.6 is 0 Å². The van der Waals surface area contributed by atoms with E-state index >= 15 is 0 Å². The van der Waals surface area contributed by atoms with E-state index in [1.807, 2.05) is 60.7 Å². The molecule has 3 heteroatoms. The van der Waals surface area contributed by atoms with Gasteiger partial charge in [-0.25, -0.2) is 0 Å². The van der Waals surface area contributed by atoms with Crippen molar-refractivity contribution in [2.75, 3.05) is 4.90 Å². The largest absolute Gasteiger partial charge is 0.319 e. The van der Waals surface area contributed by atoms with Gasteiger partial charge in [-0.1, -0.05) is 48.5 Å². The molecule has 0 aliphatic carbocycles. The highest BCUT2D eigenvalue weighted by molar-refractivity contribution is 5.97.